The van der Waals surface area contributed by atoms with Gasteiger partial charge in [0.25, 0.3) is 5.56 Å². The van der Waals surface area contributed by atoms with Crippen LogP contribution in [0.5, 0.6) is 0 Å². The fraction of sp³-hybridized carbons (Fsp3) is 0.333. The number of hydrogen-bond donors (Lipinski definition) is 1. The van der Waals surface area contributed by atoms with Gasteiger partial charge in [0.1, 0.15) is 0 Å². The minimum Gasteiger partial charge on any atom is -0.462 e. The Bertz CT molecular complexity index is 925. The molecule has 0 saturated heterocycles. The fourth-order valence-electron chi connectivity index (χ4n) is 2.53. The second-order valence-corrected chi connectivity index (χ2v) is 7.82. The molecule has 1 aromatic heterocycles. The van der Waals surface area contributed by atoms with Crippen molar-refractivity contribution in [1.29, 1.82) is 0 Å². The van der Waals surface area contributed by atoms with Gasteiger partial charge in [0.15, 0.2) is 5.16 Å². The fourth-order valence-corrected chi connectivity index (χ4v) is 4.39. The summed E-state index contributed by atoms with van der Waals surface area (Å²) in [5.41, 5.74) is 1.78. The van der Waals surface area contributed by atoms with Gasteiger partial charge in [0.2, 0.25) is 5.91 Å². The van der Waals surface area contributed by atoms with Gasteiger partial charge >= 0.3 is 5.97 Å². The molecule has 3 rings (SSSR count). The van der Waals surface area contributed by atoms with Crippen LogP contribution in [0, 0.1) is 0 Å². The molecular formula is C18H19N3O4S2. The zero-order valence-corrected chi connectivity index (χ0v) is 16.6. The molecule has 0 saturated carbocycles. The number of nitrogens with zero attached hydrogens (tertiary/aromatic N) is 2. The summed E-state index contributed by atoms with van der Waals surface area (Å²) < 4.78 is 6.41. The third kappa shape index (κ3) is 4.54. The number of thioether (sulfide) groups is 2. The molecule has 0 fully saturated rings. The second-order valence-electron chi connectivity index (χ2n) is 5.77. The first-order valence-corrected chi connectivity index (χ1v) is 10.4. The summed E-state index contributed by atoms with van der Waals surface area (Å²) in [4.78, 5) is 41.4. The molecule has 0 aliphatic carbocycles. The average Bonchev–Trinajstić information content (AvgIpc) is 3.13. The normalized spacial score (nSPS) is 12.5. The molecule has 9 heteroatoms. The van der Waals surface area contributed by atoms with Gasteiger partial charge in [-0.3, -0.25) is 14.2 Å². The quantitative estimate of drug-likeness (QED) is 0.448. The number of anilines is 1. The number of rotatable bonds is 6. The van der Waals surface area contributed by atoms with E-state index < -0.39 is 5.97 Å². The molecule has 27 heavy (non-hydrogen) atoms. The third-order valence-corrected chi connectivity index (χ3v) is 6.01. The smallest absolute Gasteiger partial charge is 0.338 e. The monoisotopic (exact) mass is 405 g/mol. The zero-order chi connectivity index (χ0) is 19.4. The molecular weight excluding hydrogens is 386 g/mol. The van der Waals surface area contributed by atoms with Gasteiger partial charge in [0, 0.05) is 24.9 Å². The second kappa shape index (κ2) is 8.62. The Kier molecular flexibility index (Phi) is 6.22. The highest BCUT2D eigenvalue weighted by Crippen LogP contribution is 2.28. The molecule has 2 aromatic rings. The molecule has 1 aromatic carbocycles. The van der Waals surface area contributed by atoms with Crippen LogP contribution in [0.2, 0.25) is 0 Å². The number of amides is 1. The largest absolute Gasteiger partial charge is 0.462 e. The highest BCUT2D eigenvalue weighted by molar-refractivity contribution is 8.00. The maximum atomic E-state index is 12.3. The molecule has 0 atom stereocenters. The van der Waals surface area contributed by atoms with E-state index in [0.717, 1.165) is 17.9 Å². The average molecular weight is 406 g/mol. The van der Waals surface area contributed by atoms with Crippen molar-refractivity contribution in [1.82, 2.24) is 9.55 Å². The summed E-state index contributed by atoms with van der Waals surface area (Å²) in [7, 11) is 1.67. The molecule has 1 aliphatic heterocycles. The van der Waals surface area contributed by atoms with Gasteiger partial charge in [-0.25, -0.2) is 9.78 Å². The number of fused-ring (bicyclic) bond motifs is 1. The van der Waals surface area contributed by atoms with Gasteiger partial charge in [-0.05, 0) is 31.2 Å². The van der Waals surface area contributed by atoms with Crippen LogP contribution in [-0.2, 0) is 23.0 Å². The van der Waals surface area contributed by atoms with Crippen molar-refractivity contribution in [3.63, 3.8) is 0 Å². The Morgan fingerprint density at radius 3 is 2.78 bits per heavy atom. The van der Waals surface area contributed by atoms with Gasteiger partial charge in [-0.1, -0.05) is 11.8 Å². The molecule has 1 amide bonds. The van der Waals surface area contributed by atoms with Crippen molar-refractivity contribution in [2.24, 2.45) is 7.05 Å². The van der Waals surface area contributed by atoms with Crippen LogP contribution >= 0.6 is 23.5 Å². The van der Waals surface area contributed by atoms with E-state index in [1.54, 1.807) is 38.2 Å². The minimum atomic E-state index is -0.396. The molecule has 1 N–H and O–H groups in total. The Balaban J connectivity index is 1.60. The number of esters is 1. The summed E-state index contributed by atoms with van der Waals surface area (Å²) in [5, 5.41) is 3.30. The Morgan fingerprint density at radius 1 is 1.33 bits per heavy atom. The molecule has 142 valence electrons. The zero-order valence-electron chi connectivity index (χ0n) is 15.0. The standard InChI is InChI=1S/C18H19N3O4S2/c1-3-25-17(24)11-4-6-12(7-5-11)19-14(22)10-27-18-20-13-8-9-26-15(13)16(23)21(18)2/h4-7H,3,8-10H2,1-2H3,(H,19,22). The topological polar surface area (TPSA) is 90.3 Å². The number of aromatic nitrogens is 2. The summed E-state index contributed by atoms with van der Waals surface area (Å²) in [6, 6.07) is 6.50. The van der Waals surface area contributed by atoms with E-state index in [1.807, 2.05) is 0 Å². The van der Waals surface area contributed by atoms with E-state index >= 15 is 0 Å². The van der Waals surface area contributed by atoms with Crippen molar-refractivity contribution >= 4 is 41.1 Å². The maximum absolute atomic E-state index is 12.3. The molecule has 0 bridgehead atoms. The van der Waals surface area contributed by atoms with Crippen LogP contribution in [-0.4, -0.2) is 39.5 Å². The predicted molar refractivity (Wildman–Crippen MR) is 106 cm³/mol. The van der Waals surface area contributed by atoms with E-state index in [1.165, 1.54) is 28.1 Å². The van der Waals surface area contributed by atoms with Crippen LogP contribution in [0.4, 0.5) is 5.69 Å². The number of nitrogens with one attached hydrogen (secondary N) is 1. The van der Waals surface area contributed by atoms with Crippen LogP contribution in [0.3, 0.4) is 0 Å². The maximum Gasteiger partial charge on any atom is 0.338 e. The van der Waals surface area contributed by atoms with Crippen LogP contribution in [0.1, 0.15) is 23.0 Å². The Morgan fingerprint density at radius 2 is 2.07 bits per heavy atom. The number of aryl methyl sites for hydroxylation is 1. The number of benzene rings is 1. The third-order valence-electron chi connectivity index (χ3n) is 3.88. The van der Waals surface area contributed by atoms with Gasteiger partial charge < -0.3 is 10.1 Å². The van der Waals surface area contributed by atoms with Crippen molar-refractivity contribution in [2.45, 2.75) is 23.4 Å². The van der Waals surface area contributed by atoms with Crippen LogP contribution in [0.25, 0.3) is 0 Å². The lowest BCUT2D eigenvalue weighted by Gasteiger charge is -2.10. The first-order valence-electron chi connectivity index (χ1n) is 8.42. The predicted octanol–water partition coefficient (Wildman–Crippen LogP) is 2.34. The van der Waals surface area contributed by atoms with E-state index in [0.29, 0.717) is 27.9 Å². The lowest BCUT2D eigenvalue weighted by Crippen LogP contribution is -2.23. The van der Waals surface area contributed by atoms with Crippen LogP contribution < -0.4 is 10.9 Å². The van der Waals surface area contributed by atoms with E-state index in [9.17, 15) is 14.4 Å². The first kappa shape index (κ1) is 19.5. The Hall–Kier alpha value is -2.26. The highest BCUT2D eigenvalue weighted by Gasteiger charge is 2.20. The number of hydrogen-bond acceptors (Lipinski definition) is 7. The van der Waals surface area contributed by atoms with Crippen molar-refractivity contribution in [3.05, 3.63) is 45.9 Å². The van der Waals surface area contributed by atoms with E-state index in [4.69, 9.17) is 4.74 Å². The van der Waals surface area contributed by atoms with E-state index in [-0.39, 0.29) is 17.2 Å². The minimum absolute atomic E-state index is 0.0556. The van der Waals surface area contributed by atoms with Gasteiger partial charge in [-0.15, -0.1) is 11.8 Å². The van der Waals surface area contributed by atoms with Gasteiger partial charge in [0.05, 0.1) is 28.5 Å². The summed E-state index contributed by atoms with van der Waals surface area (Å²) in [6.45, 7) is 2.06. The lowest BCUT2D eigenvalue weighted by molar-refractivity contribution is -0.113. The molecule has 1 aliphatic rings. The molecule has 0 unspecified atom stereocenters. The van der Waals surface area contributed by atoms with E-state index in [2.05, 4.69) is 10.3 Å². The van der Waals surface area contributed by atoms with Gasteiger partial charge in [-0.2, -0.15) is 0 Å². The summed E-state index contributed by atoms with van der Waals surface area (Å²) in [6.07, 6.45) is 0.780. The molecule has 0 spiro atoms. The molecule has 0 radical (unpaired) electrons. The number of carbonyl (C=O) groups is 2. The molecule has 7 nitrogen and oxygen atoms in total. The molecule has 2 heterocycles. The highest BCUT2D eigenvalue weighted by atomic mass is 32.2. The van der Waals surface area contributed by atoms with Crippen molar-refractivity contribution < 1.29 is 14.3 Å². The van der Waals surface area contributed by atoms with Crippen LogP contribution in [0.15, 0.2) is 39.1 Å². The SMILES string of the molecule is CCOC(=O)c1ccc(NC(=O)CSc2nc3c(c(=O)n2C)SCC3)cc1. The van der Waals surface area contributed by atoms with Crippen molar-refractivity contribution in [2.75, 3.05) is 23.4 Å². The summed E-state index contributed by atoms with van der Waals surface area (Å²) >= 11 is 2.76. The first-order chi connectivity index (χ1) is 13.0. The number of ether oxygens (including phenoxy) is 1. The summed E-state index contributed by atoms with van der Waals surface area (Å²) in [5.74, 6) is 0.389. The lowest BCUT2D eigenvalue weighted by atomic mass is 10.2. The van der Waals surface area contributed by atoms with Crippen molar-refractivity contribution in [3.8, 4) is 0 Å². The Labute approximate surface area is 164 Å². The number of carbonyl (C=O) groups excluding carboxylic acids is 2.